The summed E-state index contributed by atoms with van der Waals surface area (Å²) >= 11 is 6.01. The van der Waals surface area contributed by atoms with Gasteiger partial charge in [-0.25, -0.2) is 0 Å². The fraction of sp³-hybridized carbons (Fsp3) is 0.533. The molecule has 2 N–H and O–H groups in total. The van der Waals surface area contributed by atoms with Gasteiger partial charge in [-0.15, -0.1) is 0 Å². The summed E-state index contributed by atoms with van der Waals surface area (Å²) in [5, 5.41) is 7.12. The Bertz CT molecular complexity index is 455. The van der Waals surface area contributed by atoms with E-state index in [2.05, 4.69) is 17.6 Å². The van der Waals surface area contributed by atoms with Gasteiger partial charge in [0.25, 0.3) is 0 Å². The number of carbonyl (C=O) groups is 1. The predicted molar refractivity (Wildman–Crippen MR) is 78.3 cm³/mol. The fourth-order valence-electron chi connectivity index (χ4n) is 2.55. The Balaban J connectivity index is 2.09. The van der Waals surface area contributed by atoms with E-state index in [0.717, 1.165) is 31.4 Å². The number of hydrogen-bond acceptors (Lipinski definition) is 2. The van der Waals surface area contributed by atoms with Crippen molar-refractivity contribution in [2.24, 2.45) is 0 Å². The first-order valence-electron chi connectivity index (χ1n) is 6.86. The Morgan fingerprint density at radius 3 is 2.95 bits per heavy atom. The van der Waals surface area contributed by atoms with Gasteiger partial charge in [0.1, 0.15) is 0 Å². The number of nitrogens with one attached hydrogen (secondary N) is 2. The number of amides is 1. The number of rotatable bonds is 4. The van der Waals surface area contributed by atoms with E-state index < -0.39 is 5.54 Å². The first-order valence-corrected chi connectivity index (χ1v) is 7.24. The van der Waals surface area contributed by atoms with Gasteiger partial charge in [-0.1, -0.05) is 30.7 Å². The maximum atomic E-state index is 12.4. The zero-order valence-corrected chi connectivity index (χ0v) is 12.3. The molecule has 1 heterocycles. The highest BCUT2D eigenvalue weighted by molar-refractivity contribution is 6.30. The zero-order valence-electron chi connectivity index (χ0n) is 11.5. The van der Waals surface area contributed by atoms with Gasteiger partial charge in [0, 0.05) is 5.02 Å². The summed E-state index contributed by atoms with van der Waals surface area (Å²) in [7, 11) is 0. The van der Waals surface area contributed by atoms with Gasteiger partial charge < -0.3 is 10.6 Å². The molecule has 2 unspecified atom stereocenters. The van der Waals surface area contributed by atoms with Crippen LogP contribution in [0, 0.1) is 0 Å². The topological polar surface area (TPSA) is 41.1 Å². The van der Waals surface area contributed by atoms with Gasteiger partial charge in [0.05, 0.1) is 11.6 Å². The molecule has 104 valence electrons. The number of hydrogen-bond donors (Lipinski definition) is 2. The van der Waals surface area contributed by atoms with E-state index in [1.54, 1.807) is 0 Å². The first kappa shape index (κ1) is 14.4. The lowest BCUT2D eigenvalue weighted by Gasteiger charge is -2.27. The Labute approximate surface area is 119 Å². The third-order valence-corrected chi connectivity index (χ3v) is 4.07. The molecule has 1 aromatic rings. The van der Waals surface area contributed by atoms with Gasteiger partial charge in [0.2, 0.25) is 5.91 Å². The van der Waals surface area contributed by atoms with Gasteiger partial charge in [0.15, 0.2) is 0 Å². The number of benzene rings is 1. The first-order chi connectivity index (χ1) is 9.05. The van der Waals surface area contributed by atoms with Crippen LogP contribution < -0.4 is 10.6 Å². The lowest BCUT2D eigenvalue weighted by Crippen LogP contribution is -2.51. The minimum atomic E-state index is -0.425. The second-order valence-corrected chi connectivity index (χ2v) is 5.79. The molecule has 2 atom stereocenters. The third kappa shape index (κ3) is 3.28. The maximum Gasteiger partial charge on any atom is 0.240 e. The van der Waals surface area contributed by atoms with Gasteiger partial charge in [-0.3, -0.25) is 4.79 Å². The molecule has 1 aromatic carbocycles. The SMILES string of the molecule is CCC(NC(=O)C1(C)CCCN1)c1cccc(Cl)c1. The Morgan fingerprint density at radius 1 is 1.58 bits per heavy atom. The Hall–Kier alpha value is -1.06. The van der Waals surface area contributed by atoms with Crippen molar-refractivity contribution in [3.63, 3.8) is 0 Å². The quantitative estimate of drug-likeness (QED) is 0.890. The van der Waals surface area contributed by atoms with Crippen molar-refractivity contribution in [1.82, 2.24) is 10.6 Å². The van der Waals surface area contributed by atoms with Crippen LogP contribution in [0.5, 0.6) is 0 Å². The summed E-state index contributed by atoms with van der Waals surface area (Å²) in [6, 6.07) is 7.71. The van der Waals surface area contributed by atoms with E-state index in [9.17, 15) is 4.79 Å². The van der Waals surface area contributed by atoms with Crippen molar-refractivity contribution < 1.29 is 4.79 Å². The van der Waals surface area contributed by atoms with E-state index in [-0.39, 0.29) is 11.9 Å². The minimum absolute atomic E-state index is 0.0189. The lowest BCUT2D eigenvalue weighted by atomic mass is 9.97. The highest BCUT2D eigenvalue weighted by atomic mass is 35.5. The highest BCUT2D eigenvalue weighted by Crippen LogP contribution is 2.23. The van der Waals surface area contributed by atoms with Crippen LogP contribution in [0.25, 0.3) is 0 Å². The van der Waals surface area contributed by atoms with E-state index in [1.165, 1.54) is 0 Å². The van der Waals surface area contributed by atoms with Crippen LogP contribution in [0.15, 0.2) is 24.3 Å². The molecule has 0 aromatic heterocycles. The summed E-state index contributed by atoms with van der Waals surface area (Å²) in [6.45, 7) is 4.95. The average Bonchev–Trinajstić information content (AvgIpc) is 2.84. The normalized spacial score (nSPS) is 24.2. The molecule has 3 nitrogen and oxygen atoms in total. The van der Waals surface area contributed by atoms with Crippen molar-refractivity contribution in [1.29, 1.82) is 0 Å². The van der Waals surface area contributed by atoms with Crippen molar-refractivity contribution in [2.45, 2.75) is 44.7 Å². The van der Waals surface area contributed by atoms with Gasteiger partial charge in [-0.2, -0.15) is 0 Å². The predicted octanol–water partition coefficient (Wildman–Crippen LogP) is 3.05. The summed E-state index contributed by atoms with van der Waals surface area (Å²) in [5.41, 5.74) is 0.636. The summed E-state index contributed by atoms with van der Waals surface area (Å²) < 4.78 is 0. The second-order valence-electron chi connectivity index (χ2n) is 5.35. The van der Waals surface area contributed by atoms with E-state index in [0.29, 0.717) is 5.02 Å². The van der Waals surface area contributed by atoms with Crippen molar-refractivity contribution in [3.8, 4) is 0 Å². The molecule has 0 spiro atoms. The van der Waals surface area contributed by atoms with E-state index in [4.69, 9.17) is 11.6 Å². The lowest BCUT2D eigenvalue weighted by molar-refractivity contribution is -0.127. The fourth-order valence-corrected chi connectivity index (χ4v) is 2.75. The highest BCUT2D eigenvalue weighted by Gasteiger charge is 2.36. The molecule has 0 radical (unpaired) electrons. The smallest absolute Gasteiger partial charge is 0.240 e. The minimum Gasteiger partial charge on any atom is -0.348 e. The van der Waals surface area contributed by atoms with Crippen LogP contribution >= 0.6 is 11.6 Å². The second kappa shape index (κ2) is 5.93. The van der Waals surface area contributed by atoms with Crippen molar-refractivity contribution in [3.05, 3.63) is 34.9 Å². The van der Waals surface area contributed by atoms with Crippen molar-refractivity contribution in [2.75, 3.05) is 6.54 Å². The summed E-state index contributed by atoms with van der Waals surface area (Å²) in [5.74, 6) is 0.0804. The standard InChI is InChI=1S/C15H21ClN2O/c1-3-13(11-6-4-7-12(16)10-11)18-14(19)15(2)8-5-9-17-15/h4,6-7,10,13,17H,3,5,8-9H2,1-2H3,(H,18,19). The molecule has 1 amide bonds. The monoisotopic (exact) mass is 280 g/mol. The molecule has 4 heteroatoms. The largest absolute Gasteiger partial charge is 0.348 e. The zero-order chi connectivity index (χ0) is 13.9. The van der Waals surface area contributed by atoms with Crippen LogP contribution in [-0.2, 0) is 4.79 Å². The Kier molecular flexibility index (Phi) is 4.48. The molecule has 1 aliphatic heterocycles. The molecule has 0 aliphatic carbocycles. The van der Waals surface area contributed by atoms with Crippen LogP contribution in [0.2, 0.25) is 5.02 Å². The molecule has 0 saturated carbocycles. The maximum absolute atomic E-state index is 12.4. The molecule has 2 rings (SSSR count). The molecular weight excluding hydrogens is 260 g/mol. The average molecular weight is 281 g/mol. The molecule has 19 heavy (non-hydrogen) atoms. The van der Waals surface area contributed by atoms with Crippen LogP contribution in [-0.4, -0.2) is 18.0 Å². The molecule has 0 bridgehead atoms. The number of halogens is 1. The molecule has 1 aliphatic rings. The Morgan fingerprint density at radius 2 is 2.37 bits per heavy atom. The number of carbonyl (C=O) groups excluding carboxylic acids is 1. The van der Waals surface area contributed by atoms with Crippen LogP contribution in [0.3, 0.4) is 0 Å². The third-order valence-electron chi connectivity index (χ3n) is 3.83. The summed E-state index contributed by atoms with van der Waals surface area (Å²) in [6.07, 6.45) is 2.80. The van der Waals surface area contributed by atoms with E-state index >= 15 is 0 Å². The summed E-state index contributed by atoms with van der Waals surface area (Å²) in [4.78, 5) is 12.4. The van der Waals surface area contributed by atoms with Crippen LogP contribution in [0.4, 0.5) is 0 Å². The van der Waals surface area contributed by atoms with Crippen molar-refractivity contribution >= 4 is 17.5 Å². The van der Waals surface area contributed by atoms with Gasteiger partial charge >= 0.3 is 0 Å². The molecule has 1 saturated heterocycles. The van der Waals surface area contributed by atoms with E-state index in [1.807, 2.05) is 31.2 Å². The van der Waals surface area contributed by atoms with Gasteiger partial charge in [-0.05, 0) is 50.4 Å². The molecular formula is C15H21ClN2O. The van der Waals surface area contributed by atoms with Crippen LogP contribution in [0.1, 0.15) is 44.7 Å². The molecule has 1 fully saturated rings.